The maximum absolute atomic E-state index is 12.4. The lowest BCUT2D eigenvalue weighted by atomic mass is 10.0. The number of piperidine rings is 1. The fourth-order valence-corrected chi connectivity index (χ4v) is 3.83. The van der Waals surface area contributed by atoms with Gasteiger partial charge in [0.25, 0.3) is 0 Å². The van der Waals surface area contributed by atoms with Crippen molar-refractivity contribution >= 4 is 23.5 Å². The first kappa shape index (κ1) is 16.8. The molecule has 2 heterocycles. The highest BCUT2D eigenvalue weighted by molar-refractivity contribution is 8.00. The van der Waals surface area contributed by atoms with E-state index in [-0.39, 0.29) is 5.91 Å². The maximum atomic E-state index is 12.4. The van der Waals surface area contributed by atoms with Gasteiger partial charge < -0.3 is 9.80 Å². The first-order valence-electron chi connectivity index (χ1n) is 8.33. The van der Waals surface area contributed by atoms with Crippen molar-refractivity contribution in [3.63, 3.8) is 0 Å². The van der Waals surface area contributed by atoms with Crippen LogP contribution in [-0.2, 0) is 4.79 Å². The van der Waals surface area contributed by atoms with Crippen LogP contribution in [0.15, 0.2) is 59.6 Å². The zero-order valence-electron chi connectivity index (χ0n) is 14.0. The zero-order valence-corrected chi connectivity index (χ0v) is 14.8. The molecule has 1 aromatic heterocycles. The number of aromatic nitrogens is 1. The number of rotatable bonds is 5. The second-order valence-electron chi connectivity index (χ2n) is 6.01. The molecule has 0 aliphatic carbocycles. The van der Waals surface area contributed by atoms with Gasteiger partial charge in [-0.15, -0.1) is 11.8 Å². The van der Waals surface area contributed by atoms with E-state index in [1.165, 1.54) is 0 Å². The Morgan fingerprint density at radius 1 is 1.17 bits per heavy atom. The van der Waals surface area contributed by atoms with Crippen molar-refractivity contribution in [1.29, 1.82) is 0 Å². The summed E-state index contributed by atoms with van der Waals surface area (Å²) in [6.07, 6.45) is 3.82. The third kappa shape index (κ3) is 4.29. The average Bonchev–Trinajstić information content (AvgIpc) is 2.67. The van der Waals surface area contributed by atoms with Gasteiger partial charge in [0.15, 0.2) is 0 Å². The van der Waals surface area contributed by atoms with E-state index in [4.69, 9.17) is 0 Å². The number of hydrogen-bond donors (Lipinski definition) is 0. The Hall–Kier alpha value is -2.01. The molecule has 4 nitrogen and oxygen atoms in total. The van der Waals surface area contributed by atoms with Gasteiger partial charge in [-0.25, -0.2) is 4.98 Å². The molecule has 24 heavy (non-hydrogen) atoms. The molecule has 3 rings (SSSR count). The Balaban J connectivity index is 1.47. The molecule has 1 aliphatic heterocycles. The van der Waals surface area contributed by atoms with Gasteiger partial charge >= 0.3 is 0 Å². The minimum absolute atomic E-state index is 0.208. The molecule has 0 unspecified atom stereocenters. The summed E-state index contributed by atoms with van der Waals surface area (Å²) in [5.41, 5.74) is 0. The Morgan fingerprint density at radius 2 is 1.88 bits per heavy atom. The fraction of sp³-hybridized carbons (Fsp3) is 0.368. The minimum atomic E-state index is 0.208. The van der Waals surface area contributed by atoms with Crippen LogP contribution in [0.1, 0.15) is 12.8 Å². The van der Waals surface area contributed by atoms with E-state index in [9.17, 15) is 4.79 Å². The quantitative estimate of drug-likeness (QED) is 0.782. The van der Waals surface area contributed by atoms with Crippen LogP contribution in [0.25, 0.3) is 0 Å². The molecule has 126 valence electrons. The van der Waals surface area contributed by atoms with Gasteiger partial charge in [0.2, 0.25) is 5.91 Å². The van der Waals surface area contributed by atoms with Crippen molar-refractivity contribution in [1.82, 2.24) is 9.88 Å². The standard InChI is InChI=1S/C19H23N3OS/c1-21(19(23)15-24-17-7-3-2-4-8-17)16-10-13-22(14-11-16)18-9-5-6-12-20-18/h2-9,12,16H,10-11,13-15H2,1H3. The fourth-order valence-electron chi connectivity index (χ4n) is 2.99. The summed E-state index contributed by atoms with van der Waals surface area (Å²) >= 11 is 1.61. The Kier molecular flexibility index (Phi) is 5.75. The van der Waals surface area contributed by atoms with Gasteiger partial charge in [0, 0.05) is 37.3 Å². The van der Waals surface area contributed by atoms with E-state index >= 15 is 0 Å². The third-order valence-corrected chi connectivity index (χ3v) is 5.48. The molecule has 0 spiro atoms. The molecule has 0 saturated carbocycles. The Morgan fingerprint density at radius 3 is 2.54 bits per heavy atom. The number of benzene rings is 1. The van der Waals surface area contributed by atoms with Crippen molar-refractivity contribution in [2.24, 2.45) is 0 Å². The Bertz CT molecular complexity index is 642. The van der Waals surface area contributed by atoms with Gasteiger partial charge in [-0.3, -0.25) is 4.79 Å². The van der Waals surface area contributed by atoms with Gasteiger partial charge in [-0.2, -0.15) is 0 Å². The molecule has 1 amide bonds. The number of thioether (sulfide) groups is 1. The van der Waals surface area contributed by atoms with Crippen molar-refractivity contribution in [3.05, 3.63) is 54.7 Å². The van der Waals surface area contributed by atoms with Crippen LogP contribution in [0.5, 0.6) is 0 Å². The van der Waals surface area contributed by atoms with Gasteiger partial charge in [-0.05, 0) is 37.1 Å². The number of nitrogens with zero attached hydrogens (tertiary/aromatic N) is 3. The van der Waals surface area contributed by atoms with Crippen LogP contribution >= 0.6 is 11.8 Å². The number of carbonyl (C=O) groups excluding carboxylic acids is 1. The van der Waals surface area contributed by atoms with Crippen LogP contribution in [0.2, 0.25) is 0 Å². The zero-order chi connectivity index (χ0) is 16.8. The second kappa shape index (κ2) is 8.20. The summed E-state index contributed by atoms with van der Waals surface area (Å²) in [7, 11) is 1.94. The summed E-state index contributed by atoms with van der Waals surface area (Å²) in [6, 6.07) is 16.4. The van der Waals surface area contributed by atoms with Gasteiger partial charge in [0.05, 0.1) is 5.75 Å². The molecule has 0 atom stereocenters. The maximum Gasteiger partial charge on any atom is 0.232 e. The van der Waals surface area contributed by atoms with E-state index in [0.29, 0.717) is 11.8 Å². The van der Waals surface area contributed by atoms with E-state index in [2.05, 4.69) is 9.88 Å². The molecule has 0 radical (unpaired) electrons. The third-order valence-electron chi connectivity index (χ3n) is 4.48. The second-order valence-corrected chi connectivity index (χ2v) is 7.06. The van der Waals surface area contributed by atoms with Gasteiger partial charge in [0.1, 0.15) is 5.82 Å². The van der Waals surface area contributed by atoms with Crippen molar-refractivity contribution in [2.45, 2.75) is 23.8 Å². The summed E-state index contributed by atoms with van der Waals surface area (Å²) in [6.45, 7) is 1.90. The van der Waals surface area contributed by atoms with E-state index in [1.807, 2.05) is 66.7 Å². The first-order chi connectivity index (χ1) is 11.7. The van der Waals surface area contributed by atoms with Crippen LogP contribution in [0, 0.1) is 0 Å². The number of anilines is 1. The van der Waals surface area contributed by atoms with Crippen LogP contribution < -0.4 is 4.90 Å². The molecule has 1 aliphatic rings. The minimum Gasteiger partial charge on any atom is -0.356 e. The van der Waals surface area contributed by atoms with E-state index in [1.54, 1.807) is 11.8 Å². The van der Waals surface area contributed by atoms with Crippen molar-refractivity contribution < 1.29 is 4.79 Å². The summed E-state index contributed by atoms with van der Waals surface area (Å²) in [5, 5.41) is 0. The number of pyridine rings is 1. The lowest BCUT2D eigenvalue weighted by Crippen LogP contribution is -2.46. The van der Waals surface area contributed by atoms with Crippen LogP contribution in [0.3, 0.4) is 0 Å². The summed E-state index contributed by atoms with van der Waals surface area (Å²) < 4.78 is 0. The highest BCUT2D eigenvalue weighted by Crippen LogP contribution is 2.22. The lowest BCUT2D eigenvalue weighted by molar-refractivity contribution is -0.129. The molecule has 1 aromatic carbocycles. The Labute approximate surface area is 147 Å². The predicted octanol–water partition coefficient (Wildman–Crippen LogP) is 3.30. The highest BCUT2D eigenvalue weighted by atomic mass is 32.2. The molecule has 2 aromatic rings. The largest absolute Gasteiger partial charge is 0.356 e. The van der Waals surface area contributed by atoms with E-state index in [0.717, 1.165) is 36.6 Å². The normalized spacial score (nSPS) is 15.3. The highest BCUT2D eigenvalue weighted by Gasteiger charge is 2.25. The predicted molar refractivity (Wildman–Crippen MR) is 99.4 cm³/mol. The topological polar surface area (TPSA) is 36.4 Å². The molecular weight excluding hydrogens is 318 g/mol. The smallest absolute Gasteiger partial charge is 0.232 e. The SMILES string of the molecule is CN(C(=O)CSc1ccccc1)C1CCN(c2ccccn2)CC1. The average molecular weight is 341 g/mol. The summed E-state index contributed by atoms with van der Waals surface area (Å²) in [5.74, 6) is 1.74. The molecule has 0 N–H and O–H groups in total. The van der Waals surface area contributed by atoms with Crippen molar-refractivity contribution in [3.8, 4) is 0 Å². The monoisotopic (exact) mass is 341 g/mol. The van der Waals surface area contributed by atoms with Gasteiger partial charge in [-0.1, -0.05) is 24.3 Å². The van der Waals surface area contributed by atoms with E-state index < -0.39 is 0 Å². The molecule has 1 saturated heterocycles. The number of amides is 1. The molecule has 1 fully saturated rings. The number of hydrogen-bond acceptors (Lipinski definition) is 4. The number of carbonyl (C=O) groups is 1. The molecule has 0 bridgehead atoms. The molecule has 5 heteroatoms. The first-order valence-corrected chi connectivity index (χ1v) is 9.32. The molecular formula is C19H23N3OS. The lowest BCUT2D eigenvalue weighted by Gasteiger charge is -2.37. The summed E-state index contributed by atoms with van der Waals surface area (Å²) in [4.78, 5) is 22.2. The van der Waals surface area contributed by atoms with Crippen molar-refractivity contribution in [2.75, 3.05) is 30.8 Å². The van der Waals surface area contributed by atoms with Crippen LogP contribution in [-0.4, -0.2) is 47.7 Å². The van der Waals surface area contributed by atoms with Crippen LogP contribution in [0.4, 0.5) is 5.82 Å².